The van der Waals surface area contributed by atoms with Gasteiger partial charge < -0.3 is 11.1 Å². The first-order chi connectivity index (χ1) is 9.08. The van der Waals surface area contributed by atoms with E-state index in [9.17, 15) is 4.79 Å². The minimum absolute atomic E-state index is 0.00991. The molecule has 3 nitrogen and oxygen atoms in total. The Kier molecular flexibility index (Phi) is 5.65. The Morgan fingerprint density at radius 1 is 1.15 bits per heavy atom. The fourth-order valence-electron chi connectivity index (χ4n) is 2.99. The Bertz CT molecular complexity index is 322. The summed E-state index contributed by atoms with van der Waals surface area (Å²) in [6.07, 6.45) is 5.85. The van der Waals surface area contributed by atoms with Gasteiger partial charge in [-0.05, 0) is 42.4 Å². The highest BCUT2D eigenvalue weighted by Crippen LogP contribution is 2.40. The number of rotatable bonds is 4. The molecule has 1 amide bonds. The van der Waals surface area contributed by atoms with Crippen molar-refractivity contribution in [2.75, 3.05) is 0 Å². The highest BCUT2D eigenvalue weighted by Gasteiger charge is 2.34. The summed E-state index contributed by atoms with van der Waals surface area (Å²) in [7, 11) is 0. The van der Waals surface area contributed by atoms with Crippen LogP contribution in [0, 0.1) is 16.7 Å². The number of amides is 1. The second kappa shape index (κ2) is 6.46. The van der Waals surface area contributed by atoms with E-state index in [4.69, 9.17) is 5.73 Å². The van der Waals surface area contributed by atoms with E-state index in [0.29, 0.717) is 11.5 Å². The summed E-state index contributed by atoms with van der Waals surface area (Å²) in [5.41, 5.74) is 6.27. The lowest BCUT2D eigenvalue weighted by molar-refractivity contribution is -0.125. The molecule has 0 radical (unpaired) electrons. The van der Waals surface area contributed by atoms with Gasteiger partial charge in [-0.2, -0.15) is 0 Å². The van der Waals surface area contributed by atoms with Crippen LogP contribution in [-0.4, -0.2) is 18.0 Å². The van der Waals surface area contributed by atoms with Crippen LogP contribution in [0.15, 0.2) is 0 Å². The van der Waals surface area contributed by atoms with E-state index in [1.165, 1.54) is 19.3 Å². The SMILES string of the molecule is CCC(C)(C)C1CCC(NC(=O)C(N)C(C)(C)C)CC1. The van der Waals surface area contributed by atoms with E-state index in [0.717, 1.165) is 18.8 Å². The van der Waals surface area contributed by atoms with E-state index < -0.39 is 6.04 Å². The minimum atomic E-state index is -0.424. The topological polar surface area (TPSA) is 55.1 Å². The van der Waals surface area contributed by atoms with Crippen LogP contribution in [0.3, 0.4) is 0 Å². The summed E-state index contributed by atoms with van der Waals surface area (Å²) in [5.74, 6) is 0.799. The van der Waals surface area contributed by atoms with E-state index in [2.05, 4.69) is 26.1 Å². The van der Waals surface area contributed by atoms with Gasteiger partial charge in [0, 0.05) is 6.04 Å². The molecule has 3 N–H and O–H groups in total. The standard InChI is InChI=1S/C17H34N2O/c1-7-17(5,6)12-8-10-13(11-9-12)19-15(20)14(18)16(2,3)4/h12-14H,7-11,18H2,1-6H3,(H,19,20). The van der Waals surface area contributed by atoms with Crippen molar-refractivity contribution < 1.29 is 4.79 Å². The first-order valence-corrected chi connectivity index (χ1v) is 8.14. The molecule has 1 atom stereocenters. The number of nitrogens with two attached hydrogens (primary N) is 1. The maximum Gasteiger partial charge on any atom is 0.237 e. The van der Waals surface area contributed by atoms with Crippen LogP contribution in [0.5, 0.6) is 0 Å². The predicted molar refractivity (Wildman–Crippen MR) is 85.4 cm³/mol. The lowest BCUT2D eigenvalue weighted by Gasteiger charge is -2.39. The maximum atomic E-state index is 12.2. The monoisotopic (exact) mass is 282 g/mol. The highest BCUT2D eigenvalue weighted by molar-refractivity contribution is 5.82. The molecule has 0 bridgehead atoms. The summed E-state index contributed by atoms with van der Waals surface area (Å²) in [6, 6.07) is -0.105. The average Bonchev–Trinajstić information content (AvgIpc) is 2.37. The van der Waals surface area contributed by atoms with E-state index in [1.807, 2.05) is 20.8 Å². The second-order valence-electron chi connectivity index (χ2n) is 8.24. The van der Waals surface area contributed by atoms with Crippen molar-refractivity contribution in [2.45, 2.75) is 85.7 Å². The smallest absolute Gasteiger partial charge is 0.237 e. The molecule has 0 aromatic heterocycles. The van der Waals surface area contributed by atoms with Crippen molar-refractivity contribution in [3.8, 4) is 0 Å². The molecule has 1 unspecified atom stereocenters. The van der Waals surface area contributed by atoms with Crippen LogP contribution in [0.1, 0.15) is 73.6 Å². The minimum Gasteiger partial charge on any atom is -0.352 e. The molecule has 0 aliphatic heterocycles. The van der Waals surface area contributed by atoms with Crippen LogP contribution in [-0.2, 0) is 4.79 Å². The Hall–Kier alpha value is -0.570. The summed E-state index contributed by atoms with van der Waals surface area (Å²) in [4.78, 5) is 12.2. The number of nitrogens with one attached hydrogen (secondary N) is 1. The molecule has 20 heavy (non-hydrogen) atoms. The van der Waals surface area contributed by atoms with Gasteiger partial charge in [0.1, 0.15) is 0 Å². The Morgan fingerprint density at radius 2 is 1.65 bits per heavy atom. The van der Waals surface area contributed by atoms with Crippen LogP contribution in [0.2, 0.25) is 0 Å². The fourth-order valence-corrected chi connectivity index (χ4v) is 2.99. The third-order valence-corrected chi connectivity index (χ3v) is 5.31. The number of carbonyl (C=O) groups is 1. The van der Waals surface area contributed by atoms with Crippen molar-refractivity contribution >= 4 is 5.91 Å². The fraction of sp³-hybridized carbons (Fsp3) is 0.941. The number of hydrogen-bond donors (Lipinski definition) is 2. The van der Waals surface area contributed by atoms with Crippen LogP contribution in [0.4, 0.5) is 0 Å². The lowest BCUT2D eigenvalue weighted by atomic mass is 9.69. The molecule has 1 fully saturated rings. The molecule has 0 saturated heterocycles. The molecule has 118 valence electrons. The molecule has 3 heteroatoms. The van der Waals surface area contributed by atoms with Crippen molar-refractivity contribution in [3.05, 3.63) is 0 Å². The van der Waals surface area contributed by atoms with E-state index in [1.54, 1.807) is 0 Å². The van der Waals surface area contributed by atoms with Crippen molar-refractivity contribution in [1.29, 1.82) is 0 Å². The van der Waals surface area contributed by atoms with E-state index >= 15 is 0 Å². The summed E-state index contributed by atoms with van der Waals surface area (Å²) in [6.45, 7) is 13.0. The molecule has 1 aliphatic rings. The molecule has 1 saturated carbocycles. The summed E-state index contributed by atoms with van der Waals surface area (Å²) in [5, 5.41) is 3.15. The zero-order valence-corrected chi connectivity index (χ0v) is 14.3. The van der Waals surface area contributed by atoms with Gasteiger partial charge in [-0.15, -0.1) is 0 Å². The Balaban J connectivity index is 2.45. The van der Waals surface area contributed by atoms with Gasteiger partial charge in [0.2, 0.25) is 5.91 Å². The third-order valence-electron chi connectivity index (χ3n) is 5.31. The summed E-state index contributed by atoms with van der Waals surface area (Å²) < 4.78 is 0. The number of carbonyl (C=O) groups excluding carboxylic acids is 1. The zero-order chi connectivity index (χ0) is 15.6. The zero-order valence-electron chi connectivity index (χ0n) is 14.3. The normalized spacial score (nSPS) is 26.1. The first-order valence-electron chi connectivity index (χ1n) is 8.14. The van der Waals surface area contributed by atoms with Crippen LogP contribution >= 0.6 is 0 Å². The Labute approximate surface area is 125 Å². The van der Waals surface area contributed by atoms with Gasteiger partial charge in [-0.25, -0.2) is 0 Å². The van der Waals surface area contributed by atoms with Crippen molar-refractivity contribution in [2.24, 2.45) is 22.5 Å². The van der Waals surface area contributed by atoms with E-state index in [-0.39, 0.29) is 11.3 Å². The molecule has 0 spiro atoms. The van der Waals surface area contributed by atoms with Gasteiger partial charge in [0.15, 0.2) is 0 Å². The average molecular weight is 282 g/mol. The quantitative estimate of drug-likeness (QED) is 0.829. The molecular formula is C17H34N2O. The second-order valence-corrected chi connectivity index (χ2v) is 8.24. The van der Waals surface area contributed by atoms with Gasteiger partial charge in [-0.3, -0.25) is 4.79 Å². The van der Waals surface area contributed by atoms with Crippen LogP contribution < -0.4 is 11.1 Å². The van der Waals surface area contributed by atoms with Gasteiger partial charge >= 0.3 is 0 Å². The Morgan fingerprint density at radius 3 is 2.05 bits per heavy atom. The number of hydrogen-bond acceptors (Lipinski definition) is 2. The van der Waals surface area contributed by atoms with Gasteiger partial charge in [0.05, 0.1) is 6.04 Å². The molecule has 0 heterocycles. The van der Waals surface area contributed by atoms with Gasteiger partial charge in [0.25, 0.3) is 0 Å². The highest BCUT2D eigenvalue weighted by atomic mass is 16.2. The molecule has 1 rings (SSSR count). The molecule has 0 aromatic carbocycles. The first kappa shape index (κ1) is 17.5. The molecule has 0 aromatic rings. The lowest BCUT2D eigenvalue weighted by Crippen LogP contribution is -2.52. The van der Waals surface area contributed by atoms with Crippen LogP contribution in [0.25, 0.3) is 0 Å². The molecule has 1 aliphatic carbocycles. The maximum absolute atomic E-state index is 12.2. The van der Waals surface area contributed by atoms with Crippen molar-refractivity contribution in [3.63, 3.8) is 0 Å². The predicted octanol–water partition coefficient (Wildman–Crippen LogP) is 3.47. The largest absolute Gasteiger partial charge is 0.352 e. The summed E-state index contributed by atoms with van der Waals surface area (Å²) >= 11 is 0. The van der Waals surface area contributed by atoms with Gasteiger partial charge in [-0.1, -0.05) is 48.0 Å². The molecular weight excluding hydrogens is 248 g/mol. The third kappa shape index (κ3) is 4.47. The van der Waals surface area contributed by atoms with Crippen molar-refractivity contribution in [1.82, 2.24) is 5.32 Å².